The van der Waals surface area contributed by atoms with Gasteiger partial charge in [-0.25, -0.2) is 0 Å². The Bertz CT molecular complexity index is 3000. The predicted octanol–water partition coefficient (Wildman–Crippen LogP) is 14.4. The van der Waals surface area contributed by atoms with Gasteiger partial charge >= 0.3 is 0 Å². The number of rotatable bonds is 4. The summed E-state index contributed by atoms with van der Waals surface area (Å²) in [7, 11) is 0. The van der Waals surface area contributed by atoms with Crippen molar-refractivity contribution >= 4 is 113 Å². The van der Waals surface area contributed by atoms with E-state index in [1.807, 2.05) is 34.9 Å². The molecule has 0 bridgehead atoms. The van der Waals surface area contributed by atoms with Crippen LogP contribution in [0.1, 0.15) is 0 Å². The lowest BCUT2D eigenvalue weighted by atomic mass is 10.0. The van der Waals surface area contributed by atoms with E-state index < -0.39 is 0 Å². The lowest BCUT2D eigenvalue weighted by molar-refractivity contribution is 1.30. The molecule has 4 heteroatoms. The van der Waals surface area contributed by atoms with E-state index in [1.165, 1.54) is 73.0 Å². The molecule has 0 N–H and O–H groups in total. The minimum absolute atomic E-state index is 1.01. The SMILES string of the molecule is c1cnc2ccc(-c3ccc(N(c4ccc5ccc6c7ccccc7sc6c5c4)c4ccc5ccc6c7ccccc7sc6c5c4)cc3)cc2c1. The van der Waals surface area contributed by atoms with Crippen LogP contribution in [0, 0.1) is 0 Å². The summed E-state index contributed by atoms with van der Waals surface area (Å²) in [5.41, 5.74) is 6.77. The van der Waals surface area contributed by atoms with Gasteiger partial charge in [0.05, 0.1) is 5.52 Å². The van der Waals surface area contributed by atoms with Gasteiger partial charge in [0.2, 0.25) is 0 Å². The molecule has 8 aromatic carbocycles. The normalized spacial score (nSPS) is 11.9. The fraction of sp³-hybridized carbons (Fsp3) is 0. The predicted molar refractivity (Wildman–Crippen MR) is 223 cm³/mol. The van der Waals surface area contributed by atoms with E-state index in [4.69, 9.17) is 0 Å². The number of hydrogen-bond donors (Lipinski definition) is 0. The van der Waals surface area contributed by atoms with Gasteiger partial charge < -0.3 is 4.90 Å². The zero-order chi connectivity index (χ0) is 33.5. The summed E-state index contributed by atoms with van der Waals surface area (Å²) < 4.78 is 5.32. The van der Waals surface area contributed by atoms with Gasteiger partial charge in [-0.05, 0) is 88.6 Å². The van der Waals surface area contributed by atoms with Crippen LogP contribution in [0.5, 0.6) is 0 Å². The molecule has 0 saturated carbocycles. The highest BCUT2D eigenvalue weighted by molar-refractivity contribution is 7.27. The topological polar surface area (TPSA) is 16.1 Å². The molecule has 11 aromatic rings. The lowest BCUT2D eigenvalue weighted by Crippen LogP contribution is -2.10. The van der Waals surface area contributed by atoms with Gasteiger partial charge in [0, 0.05) is 79.8 Å². The Morgan fingerprint density at radius 3 is 1.55 bits per heavy atom. The summed E-state index contributed by atoms with van der Waals surface area (Å²) in [5, 5.41) is 11.5. The molecule has 2 nitrogen and oxygen atoms in total. The highest BCUT2D eigenvalue weighted by atomic mass is 32.1. The quantitative estimate of drug-likeness (QED) is 0.183. The van der Waals surface area contributed by atoms with Gasteiger partial charge in [-0.3, -0.25) is 4.98 Å². The first kappa shape index (κ1) is 28.7. The van der Waals surface area contributed by atoms with Gasteiger partial charge in [-0.2, -0.15) is 0 Å². The second-order valence-electron chi connectivity index (χ2n) is 13.2. The molecule has 0 saturated heterocycles. The van der Waals surface area contributed by atoms with Crippen molar-refractivity contribution in [1.82, 2.24) is 4.98 Å². The van der Waals surface area contributed by atoms with Crippen LogP contribution < -0.4 is 4.90 Å². The summed E-state index contributed by atoms with van der Waals surface area (Å²) in [6.45, 7) is 0. The number of hydrogen-bond acceptors (Lipinski definition) is 4. The maximum absolute atomic E-state index is 4.52. The van der Waals surface area contributed by atoms with Crippen LogP contribution in [0.2, 0.25) is 0 Å². The van der Waals surface area contributed by atoms with Crippen molar-refractivity contribution in [2.75, 3.05) is 4.90 Å². The fourth-order valence-electron chi connectivity index (χ4n) is 7.76. The number of benzene rings is 8. The third kappa shape index (κ3) is 4.58. The monoisotopic (exact) mass is 684 g/mol. The number of thiophene rings is 2. The Morgan fingerprint density at radius 1 is 0.373 bits per heavy atom. The minimum atomic E-state index is 1.01. The van der Waals surface area contributed by atoms with E-state index in [0.717, 1.165) is 28.0 Å². The molecule has 3 heterocycles. The van der Waals surface area contributed by atoms with E-state index in [2.05, 4.69) is 168 Å². The minimum Gasteiger partial charge on any atom is -0.310 e. The first-order chi connectivity index (χ1) is 25.2. The first-order valence-corrected chi connectivity index (χ1v) is 18.8. The molecule has 0 radical (unpaired) electrons. The summed E-state index contributed by atoms with van der Waals surface area (Å²) in [5.74, 6) is 0. The third-order valence-electron chi connectivity index (χ3n) is 10.3. The molecule has 0 amide bonds. The van der Waals surface area contributed by atoms with Crippen molar-refractivity contribution < 1.29 is 0 Å². The van der Waals surface area contributed by atoms with Crippen molar-refractivity contribution in [2.45, 2.75) is 0 Å². The zero-order valence-corrected chi connectivity index (χ0v) is 29.0. The molecule has 11 rings (SSSR count). The van der Waals surface area contributed by atoms with Crippen LogP contribution in [0.3, 0.4) is 0 Å². The molecule has 0 aliphatic carbocycles. The highest BCUT2D eigenvalue weighted by Crippen LogP contribution is 2.44. The molecular formula is C47H28N2S2. The van der Waals surface area contributed by atoms with Gasteiger partial charge in [0.25, 0.3) is 0 Å². The van der Waals surface area contributed by atoms with E-state index in [0.29, 0.717) is 0 Å². The Labute approximate surface area is 302 Å². The van der Waals surface area contributed by atoms with Gasteiger partial charge in [-0.15, -0.1) is 22.7 Å². The van der Waals surface area contributed by atoms with Crippen molar-refractivity contribution in [3.63, 3.8) is 0 Å². The number of aromatic nitrogens is 1. The van der Waals surface area contributed by atoms with Crippen molar-refractivity contribution in [3.8, 4) is 11.1 Å². The molecule has 0 spiro atoms. The second-order valence-corrected chi connectivity index (χ2v) is 15.3. The van der Waals surface area contributed by atoms with Crippen LogP contribution in [0.15, 0.2) is 170 Å². The molecule has 0 unspecified atom stereocenters. The largest absolute Gasteiger partial charge is 0.310 e. The smallest absolute Gasteiger partial charge is 0.0702 e. The van der Waals surface area contributed by atoms with Crippen LogP contribution in [-0.4, -0.2) is 4.98 Å². The van der Waals surface area contributed by atoms with Crippen LogP contribution in [0.4, 0.5) is 17.1 Å². The summed E-state index contributed by atoms with van der Waals surface area (Å²) in [6, 6.07) is 60.2. The number of anilines is 3. The average molecular weight is 685 g/mol. The Morgan fingerprint density at radius 2 is 0.922 bits per heavy atom. The summed E-state index contributed by atoms with van der Waals surface area (Å²) in [4.78, 5) is 6.94. The molecule has 0 aliphatic rings. The first-order valence-electron chi connectivity index (χ1n) is 17.2. The van der Waals surface area contributed by atoms with E-state index >= 15 is 0 Å². The average Bonchev–Trinajstić information content (AvgIpc) is 3.77. The van der Waals surface area contributed by atoms with E-state index in [-0.39, 0.29) is 0 Å². The zero-order valence-electron chi connectivity index (χ0n) is 27.4. The van der Waals surface area contributed by atoms with Crippen LogP contribution in [-0.2, 0) is 0 Å². The highest BCUT2D eigenvalue weighted by Gasteiger charge is 2.17. The fourth-order valence-corrected chi connectivity index (χ4v) is 10.2. The number of pyridine rings is 1. The molecule has 0 atom stereocenters. The standard InChI is InChI=1S/C47H28N2S2/c1-3-9-44-37(7-1)39-22-15-30-13-20-35(27-41(30)46(39)50-44)49(34-18-11-29(12-19-34)32-17-24-43-33(26-32)6-5-25-48-43)36-21-14-31-16-23-40-38-8-2-4-10-45(38)51-47(40)42(31)28-36/h1-28H. The Hall–Kier alpha value is -6.07. The Balaban J connectivity index is 1.12. The van der Waals surface area contributed by atoms with Crippen molar-refractivity contribution in [3.05, 3.63) is 170 Å². The van der Waals surface area contributed by atoms with E-state index in [9.17, 15) is 0 Å². The Kier molecular flexibility index (Phi) is 6.32. The third-order valence-corrected chi connectivity index (χ3v) is 12.7. The van der Waals surface area contributed by atoms with Gasteiger partial charge in [0.15, 0.2) is 0 Å². The lowest BCUT2D eigenvalue weighted by Gasteiger charge is -2.26. The van der Waals surface area contributed by atoms with Gasteiger partial charge in [0.1, 0.15) is 0 Å². The summed E-state index contributed by atoms with van der Waals surface area (Å²) in [6.07, 6.45) is 1.85. The second kappa shape index (κ2) is 11.2. The maximum Gasteiger partial charge on any atom is 0.0702 e. The van der Waals surface area contributed by atoms with Crippen molar-refractivity contribution in [1.29, 1.82) is 0 Å². The number of fused-ring (bicyclic) bond motifs is 11. The van der Waals surface area contributed by atoms with Crippen molar-refractivity contribution in [2.24, 2.45) is 0 Å². The molecule has 238 valence electrons. The summed E-state index contributed by atoms with van der Waals surface area (Å²) >= 11 is 3.77. The van der Waals surface area contributed by atoms with Crippen LogP contribution >= 0.6 is 22.7 Å². The van der Waals surface area contributed by atoms with Gasteiger partial charge in [-0.1, -0.05) is 97.1 Å². The molecule has 0 fully saturated rings. The number of nitrogens with zero attached hydrogens (tertiary/aromatic N) is 2. The molecule has 51 heavy (non-hydrogen) atoms. The van der Waals surface area contributed by atoms with Crippen LogP contribution in [0.25, 0.3) is 83.9 Å². The molecule has 3 aromatic heterocycles. The molecule has 0 aliphatic heterocycles. The maximum atomic E-state index is 4.52. The van der Waals surface area contributed by atoms with E-state index in [1.54, 1.807) is 0 Å². The molecular weight excluding hydrogens is 657 g/mol.